The third-order valence-corrected chi connectivity index (χ3v) is 4.77. The van der Waals surface area contributed by atoms with Gasteiger partial charge in [-0.25, -0.2) is 4.98 Å². The van der Waals surface area contributed by atoms with Crippen molar-refractivity contribution in [3.63, 3.8) is 0 Å². The topological polar surface area (TPSA) is 45.8 Å². The molecule has 4 heteroatoms. The largest absolute Gasteiger partial charge is 0.306 e. The van der Waals surface area contributed by atoms with E-state index in [1.807, 2.05) is 23.9 Å². The first kappa shape index (κ1) is 14.4. The van der Waals surface area contributed by atoms with Crippen molar-refractivity contribution in [1.29, 1.82) is 0 Å². The number of aromatic nitrogens is 2. The van der Waals surface area contributed by atoms with Gasteiger partial charge in [0.2, 0.25) is 0 Å². The van der Waals surface area contributed by atoms with Crippen LogP contribution in [-0.4, -0.2) is 15.7 Å². The summed E-state index contributed by atoms with van der Waals surface area (Å²) in [6.45, 7) is 2.14. The molecule has 0 fully saturated rings. The van der Waals surface area contributed by atoms with Crippen LogP contribution in [0.3, 0.4) is 0 Å². The fourth-order valence-electron chi connectivity index (χ4n) is 2.79. The van der Waals surface area contributed by atoms with E-state index in [1.54, 1.807) is 0 Å². The molecule has 2 aromatic rings. The summed E-state index contributed by atoms with van der Waals surface area (Å²) in [5.41, 5.74) is 2.93. The molecule has 3 rings (SSSR count). The van der Waals surface area contributed by atoms with Crippen LogP contribution in [0.2, 0.25) is 0 Å². The van der Waals surface area contributed by atoms with Crippen LogP contribution in [0.5, 0.6) is 0 Å². The summed E-state index contributed by atoms with van der Waals surface area (Å²) in [5, 5.41) is 0. The van der Waals surface area contributed by atoms with Gasteiger partial charge in [-0.2, -0.15) is 0 Å². The van der Waals surface area contributed by atoms with Crippen molar-refractivity contribution in [2.45, 2.75) is 43.9 Å². The molecule has 0 saturated carbocycles. The van der Waals surface area contributed by atoms with Gasteiger partial charge in [0.1, 0.15) is 5.82 Å². The van der Waals surface area contributed by atoms with Crippen LogP contribution >= 0.6 is 11.8 Å². The molecule has 1 heterocycles. The molecule has 21 heavy (non-hydrogen) atoms. The number of benzene rings is 1. The average Bonchev–Trinajstić information content (AvgIpc) is 2.74. The number of nitrogens with one attached hydrogen (secondary N) is 1. The van der Waals surface area contributed by atoms with Gasteiger partial charge in [-0.3, -0.25) is 4.79 Å². The minimum atomic E-state index is 0.0453. The van der Waals surface area contributed by atoms with Gasteiger partial charge in [-0.15, -0.1) is 11.8 Å². The number of hydrogen-bond acceptors (Lipinski definition) is 3. The van der Waals surface area contributed by atoms with Crippen molar-refractivity contribution in [1.82, 2.24) is 9.97 Å². The Morgan fingerprint density at radius 2 is 1.90 bits per heavy atom. The summed E-state index contributed by atoms with van der Waals surface area (Å²) in [6.07, 6.45) is 5.21. The highest BCUT2D eigenvalue weighted by atomic mass is 32.2. The number of aromatic amines is 1. The molecule has 3 nitrogen and oxygen atoms in total. The Kier molecular flexibility index (Phi) is 4.44. The first-order valence-electron chi connectivity index (χ1n) is 7.63. The normalized spacial score (nSPS) is 14.5. The van der Waals surface area contributed by atoms with Crippen molar-refractivity contribution in [2.24, 2.45) is 0 Å². The smallest absolute Gasteiger partial charge is 0.254 e. The summed E-state index contributed by atoms with van der Waals surface area (Å²) in [5.74, 6) is 1.77. The summed E-state index contributed by atoms with van der Waals surface area (Å²) < 4.78 is 0. The number of rotatable bonds is 3. The number of nitrogens with zero attached hydrogens (tertiary/aromatic N) is 1. The fourth-order valence-corrected chi connectivity index (χ4v) is 3.45. The Balaban J connectivity index is 1.97. The highest BCUT2D eigenvalue weighted by molar-refractivity contribution is 7.99. The van der Waals surface area contributed by atoms with E-state index in [-0.39, 0.29) is 5.56 Å². The van der Waals surface area contributed by atoms with Crippen LogP contribution in [0, 0.1) is 0 Å². The zero-order valence-electron chi connectivity index (χ0n) is 12.3. The van der Waals surface area contributed by atoms with Crippen LogP contribution in [0.1, 0.15) is 37.4 Å². The van der Waals surface area contributed by atoms with E-state index in [9.17, 15) is 4.79 Å². The van der Waals surface area contributed by atoms with Crippen molar-refractivity contribution in [3.05, 3.63) is 45.9 Å². The zero-order chi connectivity index (χ0) is 14.7. The van der Waals surface area contributed by atoms with Gasteiger partial charge in [0.25, 0.3) is 5.56 Å². The summed E-state index contributed by atoms with van der Waals surface area (Å²) >= 11 is 1.82. The van der Waals surface area contributed by atoms with E-state index < -0.39 is 0 Å². The van der Waals surface area contributed by atoms with Gasteiger partial charge in [0.15, 0.2) is 0 Å². The lowest BCUT2D eigenvalue weighted by atomic mass is 10.1. The van der Waals surface area contributed by atoms with Crippen molar-refractivity contribution < 1.29 is 0 Å². The number of aryl methyl sites for hydroxylation is 1. The second kappa shape index (κ2) is 6.48. The average molecular weight is 300 g/mol. The monoisotopic (exact) mass is 300 g/mol. The molecule has 0 aliphatic heterocycles. The molecule has 0 radical (unpaired) electrons. The molecule has 0 spiro atoms. The molecule has 0 bridgehead atoms. The minimum absolute atomic E-state index is 0.0453. The molecular weight excluding hydrogens is 280 g/mol. The summed E-state index contributed by atoms with van der Waals surface area (Å²) in [7, 11) is 0. The van der Waals surface area contributed by atoms with E-state index in [2.05, 4.69) is 24.0 Å². The molecule has 0 atom stereocenters. The number of H-pyrrole nitrogens is 1. The van der Waals surface area contributed by atoms with Gasteiger partial charge in [0.05, 0.1) is 5.69 Å². The Labute approximate surface area is 129 Å². The molecule has 1 aliphatic carbocycles. The maximum absolute atomic E-state index is 12.3. The molecule has 0 saturated heterocycles. The first-order chi connectivity index (χ1) is 10.3. The standard InChI is InChI=1S/C17H20N2OS/c1-2-21-13-10-8-12(9-11-13)16-18-15-7-5-3-4-6-14(15)17(20)19-16/h8-11H,2-7H2,1H3,(H,18,19,20). The minimum Gasteiger partial charge on any atom is -0.306 e. The van der Waals surface area contributed by atoms with Crippen LogP contribution < -0.4 is 5.56 Å². The van der Waals surface area contributed by atoms with E-state index in [0.29, 0.717) is 5.82 Å². The molecule has 110 valence electrons. The predicted molar refractivity (Wildman–Crippen MR) is 88.0 cm³/mol. The number of hydrogen-bond donors (Lipinski definition) is 1. The summed E-state index contributed by atoms with van der Waals surface area (Å²) in [6, 6.07) is 8.27. The lowest BCUT2D eigenvalue weighted by molar-refractivity contribution is 0.708. The molecule has 1 aromatic heterocycles. The lowest BCUT2D eigenvalue weighted by Gasteiger charge is -2.08. The van der Waals surface area contributed by atoms with Gasteiger partial charge < -0.3 is 4.98 Å². The van der Waals surface area contributed by atoms with Gasteiger partial charge in [-0.1, -0.05) is 25.5 Å². The SMILES string of the molecule is CCSc1ccc(-c2nc3c(c(=O)[nH]2)CCCCC3)cc1. The van der Waals surface area contributed by atoms with Crippen LogP contribution in [0.4, 0.5) is 0 Å². The maximum Gasteiger partial charge on any atom is 0.254 e. The third kappa shape index (κ3) is 3.21. The van der Waals surface area contributed by atoms with Crippen molar-refractivity contribution in [2.75, 3.05) is 5.75 Å². The third-order valence-electron chi connectivity index (χ3n) is 3.88. The maximum atomic E-state index is 12.3. The predicted octanol–water partition coefficient (Wildman–Crippen LogP) is 3.82. The Hall–Kier alpha value is -1.55. The first-order valence-corrected chi connectivity index (χ1v) is 8.62. The number of fused-ring (bicyclic) bond motifs is 1. The quantitative estimate of drug-likeness (QED) is 0.692. The molecule has 1 N–H and O–H groups in total. The lowest BCUT2D eigenvalue weighted by Crippen LogP contribution is -2.18. The van der Waals surface area contributed by atoms with Crippen molar-refractivity contribution >= 4 is 11.8 Å². The second-order valence-corrected chi connectivity index (χ2v) is 6.70. The zero-order valence-corrected chi connectivity index (χ0v) is 13.1. The molecule has 1 aliphatic rings. The highest BCUT2D eigenvalue weighted by Gasteiger charge is 2.15. The van der Waals surface area contributed by atoms with Crippen LogP contribution in [-0.2, 0) is 12.8 Å². The van der Waals surface area contributed by atoms with Crippen molar-refractivity contribution in [3.8, 4) is 11.4 Å². The molecule has 1 aromatic carbocycles. The van der Waals surface area contributed by atoms with Gasteiger partial charge >= 0.3 is 0 Å². The molecule has 0 unspecified atom stereocenters. The second-order valence-electron chi connectivity index (χ2n) is 5.36. The Morgan fingerprint density at radius 3 is 2.67 bits per heavy atom. The fraction of sp³-hybridized carbons (Fsp3) is 0.412. The van der Waals surface area contributed by atoms with E-state index in [0.717, 1.165) is 48.3 Å². The van der Waals surface area contributed by atoms with E-state index in [4.69, 9.17) is 4.98 Å². The molecule has 0 amide bonds. The van der Waals surface area contributed by atoms with Crippen LogP contribution in [0.15, 0.2) is 34.0 Å². The summed E-state index contributed by atoms with van der Waals surface area (Å²) in [4.78, 5) is 21.2. The Morgan fingerprint density at radius 1 is 1.14 bits per heavy atom. The van der Waals surface area contributed by atoms with E-state index >= 15 is 0 Å². The van der Waals surface area contributed by atoms with Gasteiger partial charge in [0, 0.05) is 16.0 Å². The number of thioether (sulfide) groups is 1. The Bertz CT molecular complexity index is 676. The van der Waals surface area contributed by atoms with E-state index in [1.165, 1.54) is 11.3 Å². The molecular formula is C17H20N2OS. The van der Waals surface area contributed by atoms with Crippen LogP contribution in [0.25, 0.3) is 11.4 Å². The van der Waals surface area contributed by atoms with Gasteiger partial charge in [-0.05, 0) is 43.6 Å². The highest BCUT2D eigenvalue weighted by Crippen LogP contribution is 2.23.